The van der Waals surface area contributed by atoms with Crippen LogP contribution in [-0.4, -0.2) is 72.8 Å². The van der Waals surface area contributed by atoms with Gasteiger partial charge in [-0.2, -0.15) is 10.3 Å². The first-order valence-corrected chi connectivity index (χ1v) is 13.4. The summed E-state index contributed by atoms with van der Waals surface area (Å²) >= 11 is 0. The zero-order chi connectivity index (χ0) is 28.1. The number of H-pyrrole nitrogens is 1. The Labute approximate surface area is 235 Å². The Hall–Kier alpha value is -5.06. The molecule has 0 aliphatic carbocycles. The Kier molecular flexibility index (Phi) is 5.81. The highest BCUT2D eigenvalue weighted by Crippen LogP contribution is 2.41. The molecule has 0 saturated carbocycles. The highest BCUT2D eigenvalue weighted by Gasteiger charge is 2.44. The molecule has 4 heterocycles. The molecule has 0 atom stereocenters. The summed E-state index contributed by atoms with van der Waals surface area (Å²) in [6, 6.07) is 15.0. The van der Waals surface area contributed by atoms with Crippen molar-refractivity contribution in [3.8, 4) is 34.0 Å². The Bertz CT molecular complexity index is 1800. The summed E-state index contributed by atoms with van der Waals surface area (Å²) in [5.74, 6) is 1.60. The van der Waals surface area contributed by atoms with Crippen LogP contribution in [-0.2, 0) is 7.05 Å². The molecule has 0 unspecified atom stereocenters. The first-order chi connectivity index (χ1) is 19.9. The van der Waals surface area contributed by atoms with E-state index in [9.17, 15) is 9.59 Å². The first kappa shape index (κ1) is 24.9. The number of aryl methyl sites for hydroxylation is 1. The van der Waals surface area contributed by atoms with Crippen molar-refractivity contribution < 1.29 is 19.1 Å². The number of nitrogens with one attached hydrogen (secondary N) is 1. The third kappa shape index (κ3) is 4.30. The standard InChI is InChI=1S/C30H27N7O4/c1-36-17-20(16-31-36)18-6-7-27-24(12-18)25(38)15-30(41-27)8-10-37(11-9-30)29(39)19-13-22-21(4-3-5-26(22)40-2)23(14-19)28-32-34-35-33-28/h3-7,12-14,16-17H,8-11,15H2,1-2H3,(H,32,33,34,35). The van der Waals surface area contributed by atoms with Crippen LogP contribution in [0, 0.1) is 0 Å². The minimum absolute atomic E-state index is 0.0585. The maximum Gasteiger partial charge on any atom is 0.253 e. The molecule has 2 aliphatic rings. The predicted octanol–water partition coefficient (Wildman–Crippen LogP) is 4.07. The number of fused-ring (bicyclic) bond motifs is 2. The number of aromatic amines is 1. The van der Waals surface area contributed by atoms with Crippen LogP contribution in [0.2, 0.25) is 0 Å². The summed E-state index contributed by atoms with van der Waals surface area (Å²) in [7, 11) is 3.46. The number of carbonyl (C=O) groups is 2. The molecule has 1 saturated heterocycles. The lowest BCUT2D eigenvalue weighted by atomic mass is 9.82. The van der Waals surface area contributed by atoms with Gasteiger partial charge in [-0.3, -0.25) is 14.3 Å². The van der Waals surface area contributed by atoms with Gasteiger partial charge in [-0.05, 0) is 46.5 Å². The third-order valence-corrected chi connectivity index (χ3v) is 8.10. The fourth-order valence-corrected chi connectivity index (χ4v) is 5.94. The van der Waals surface area contributed by atoms with Crippen LogP contribution >= 0.6 is 0 Å². The number of hydrogen-bond donors (Lipinski definition) is 1. The van der Waals surface area contributed by atoms with Gasteiger partial charge in [0.2, 0.25) is 5.82 Å². The average molecular weight is 550 g/mol. The molecule has 1 amide bonds. The largest absolute Gasteiger partial charge is 0.496 e. The van der Waals surface area contributed by atoms with Crippen molar-refractivity contribution in [3.63, 3.8) is 0 Å². The van der Waals surface area contributed by atoms with Gasteiger partial charge in [0.15, 0.2) is 5.78 Å². The number of tetrazole rings is 1. The van der Waals surface area contributed by atoms with Crippen LogP contribution in [0.25, 0.3) is 33.3 Å². The number of amides is 1. The lowest BCUT2D eigenvalue weighted by Gasteiger charge is -2.44. The molecule has 3 aromatic carbocycles. The molecule has 1 fully saturated rings. The van der Waals surface area contributed by atoms with E-state index in [-0.39, 0.29) is 18.1 Å². The number of Topliss-reactive ketones (excluding diaryl/α,β-unsaturated/α-hetero) is 1. The zero-order valence-electron chi connectivity index (χ0n) is 22.6. The average Bonchev–Trinajstić information content (AvgIpc) is 3.69. The maximum atomic E-state index is 13.8. The van der Waals surface area contributed by atoms with Crippen LogP contribution in [0.1, 0.15) is 40.0 Å². The van der Waals surface area contributed by atoms with Gasteiger partial charge in [-0.1, -0.05) is 18.2 Å². The van der Waals surface area contributed by atoms with E-state index >= 15 is 0 Å². The molecule has 2 aromatic heterocycles. The molecule has 0 bridgehead atoms. The van der Waals surface area contributed by atoms with Gasteiger partial charge in [-0.15, -0.1) is 10.2 Å². The molecule has 11 nitrogen and oxygen atoms in total. The van der Waals surface area contributed by atoms with E-state index < -0.39 is 5.60 Å². The zero-order valence-corrected chi connectivity index (χ0v) is 22.6. The summed E-state index contributed by atoms with van der Waals surface area (Å²) in [5.41, 5.74) is 3.04. The fourth-order valence-electron chi connectivity index (χ4n) is 5.94. The van der Waals surface area contributed by atoms with Gasteiger partial charge < -0.3 is 14.4 Å². The first-order valence-electron chi connectivity index (χ1n) is 13.4. The molecular formula is C30H27N7O4. The second-order valence-electron chi connectivity index (χ2n) is 10.6. The van der Waals surface area contributed by atoms with Crippen LogP contribution in [0.5, 0.6) is 11.5 Å². The number of likely N-dealkylation sites (tertiary alicyclic amines) is 1. The molecule has 1 spiro atoms. The van der Waals surface area contributed by atoms with Gasteiger partial charge in [0.25, 0.3) is 5.91 Å². The summed E-state index contributed by atoms with van der Waals surface area (Å²) in [6.45, 7) is 0.938. The number of rotatable bonds is 4. The van der Waals surface area contributed by atoms with E-state index in [2.05, 4.69) is 25.7 Å². The Balaban J connectivity index is 1.13. The van der Waals surface area contributed by atoms with Crippen LogP contribution in [0.4, 0.5) is 0 Å². The van der Waals surface area contributed by atoms with Crippen molar-refractivity contribution in [1.82, 2.24) is 35.3 Å². The van der Waals surface area contributed by atoms with E-state index in [1.54, 1.807) is 24.1 Å². The van der Waals surface area contributed by atoms with Gasteiger partial charge in [-0.25, -0.2) is 0 Å². The second-order valence-corrected chi connectivity index (χ2v) is 10.6. The number of benzene rings is 3. The molecule has 2 aliphatic heterocycles. The maximum absolute atomic E-state index is 13.8. The highest BCUT2D eigenvalue weighted by molar-refractivity contribution is 6.06. The smallest absolute Gasteiger partial charge is 0.253 e. The van der Waals surface area contributed by atoms with Crippen LogP contribution in [0.15, 0.2) is 60.9 Å². The molecule has 1 N–H and O–H groups in total. The molecule has 0 radical (unpaired) electrons. The van der Waals surface area contributed by atoms with Gasteiger partial charge in [0.1, 0.15) is 17.1 Å². The van der Waals surface area contributed by atoms with Gasteiger partial charge in [0.05, 0.1) is 25.3 Å². The lowest BCUT2D eigenvalue weighted by Crippen LogP contribution is -2.52. The predicted molar refractivity (Wildman–Crippen MR) is 150 cm³/mol. The Morgan fingerprint density at radius 3 is 2.63 bits per heavy atom. The minimum atomic E-state index is -0.626. The fraction of sp³-hybridized carbons (Fsp3) is 0.267. The summed E-state index contributed by atoms with van der Waals surface area (Å²) in [4.78, 5) is 28.9. The normalized spacial score (nSPS) is 16.0. The highest BCUT2D eigenvalue weighted by atomic mass is 16.5. The van der Waals surface area contributed by atoms with E-state index in [4.69, 9.17) is 9.47 Å². The SMILES string of the molecule is COc1cccc2c(-c3nn[nH]n3)cc(C(=O)N3CCC4(CC3)CC(=O)c3cc(-c5cnn(C)c5)ccc3O4)cc12. The van der Waals surface area contributed by atoms with Crippen molar-refractivity contribution in [1.29, 1.82) is 0 Å². The number of hydrogen-bond acceptors (Lipinski definition) is 8. The summed E-state index contributed by atoms with van der Waals surface area (Å²) < 4.78 is 13.8. The quantitative estimate of drug-likeness (QED) is 0.355. The van der Waals surface area contributed by atoms with Crippen molar-refractivity contribution in [2.75, 3.05) is 20.2 Å². The second kappa shape index (κ2) is 9.54. The van der Waals surface area contributed by atoms with E-state index in [1.807, 2.05) is 60.6 Å². The number of ketones is 1. The number of ether oxygens (including phenoxy) is 2. The monoisotopic (exact) mass is 549 g/mol. The molecule has 11 heteroatoms. The topological polar surface area (TPSA) is 128 Å². The third-order valence-electron chi connectivity index (χ3n) is 8.10. The number of nitrogens with zero attached hydrogens (tertiary/aromatic N) is 6. The number of piperidine rings is 1. The van der Waals surface area contributed by atoms with E-state index in [0.717, 1.165) is 21.9 Å². The summed E-state index contributed by atoms with van der Waals surface area (Å²) in [5, 5.41) is 20.4. The molecule has 7 rings (SSSR count). The number of carbonyl (C=O) groups excluding carboxylic acids is 2. The van der Waals surface area contributed by atoms with Crippen LogP contribution in [0.3, 0.4) is 0 Å². The Morgan fingerprint density at radius 1 is 1.05 bits per heavy atom. The van der Waals surface area contributed by atoms with Crippen LogP contribution < -0.4 is 9.47 Å². The number of aromatic nitrogens is 6. The van der Waals surface area contributed by atoms with E-state index in [1.165, 1.54) is 0 Å². The van der Waals surface area contributed by atoms with Crippen molar-refractivity contribution in [2.45, 2.75) is 24.9 Å². The Morgan fingerprint density at radius 2 is 1.90 bits per heavy atom. The minimum Gasteiger partial charge on any atom is -0.496 e. The molecular weight excluding hydrogens is 522 g/mol. The van der Waals surface area contributed by atoms with Crippen molar-refractivity contribution >= 4 is 22.5 Å². The van der Waals surface area contributed by atoms with Crippen molar-refractivity contribution in [3.05, 3.63) is 72.1 Å². The molecule has 5 aromatic rings. The summed E-state index contributed by atoms with van der Waals surface area (Å²) in [6.07, 6.45) is 5.10. The van der Waals surface area contributed by atoms with E-state index in [0.29, 0.717) is 59.9 Å². The van der Waals surface area contributed by atoms with Gasteiger partial charge >= 0.3 is 0 Å². The molecule has 206 valence electrons. The van der Waals surface area contributed by atoms with Crippen molar-refractivity contribution in [2.24, 2.45) is 7.05 Å². The molecule has 41 heavy (non-hydrogen) atoms. The number of methoxy groups -OCH3 is 1. The lowest BCUT2D eigenvalue weighted by molar-refractivity contribution is -0.00569. The van der Waals surface area contributed by atoms with Gasteiger partial charge in [0, 0.05) is 61.3 Å².